The van der Waals surface area contributed by atoms with Crippen LogP contribution in [0.3, 0.4) is 0 Å². The Kier molecular flexibility index (Phi) is 7.74. The molecule has 1 unspecified atom stereocenters. The molecule has 8 nitrogen and oxygen atoms in total. The van der Waals surface area contributed by atoms with Crippen LogP contribution < -0.4 is 10.1 Å². The maximum Gasteiger partial charge on any atom is 0.411 e. The molecule has 38 heavy (non-hydrogen) atoms. The monoisotopic (exact) mass is 540 g/mol. The van der Waals surface area contributed by atoms with Crippen molar-refractivity contribution in [3.63, 3.8) is 0 Å². The SMILES string of the molecule is C=C[C@@H]1C[C@]1(NC(=O)C1Cc2cc(Oc3cccc(Cl)c3)ccc2CN1C(=O)OC(C)(C)C)C(=O)OCC. The molecule has 0 bridgehead atoms. The molecular formula is C29H33ClN2O6. The van der Waals surface area contributed by atoms with Crippen molar-refractivity contribution in [3.8, 4) is 11.5 Å². The van der Waals surface area contributed by atoms with Gasteiger partial charge in [-0.25, -0.2) is 9.59 Å². The summed E-state index contributed by atoms with van der Waals surface area (Å²) in [5.41, 5.74) is -0.199. The van der Waals surface area contributed by atoms with E-state index in [1.54, 1.807) is 58.0 Å². The van der Waals surface area contributed by atoms with Crippen molar-refractivity contribution in [2.24, 2.45) is 5.92 Å². The molecule has 4 rings (SSSR count). The highest BCUT2D eigenvalue weighted by Gasteiger charge is 2.61. The molecule has 2 aromatic carbocycles. The van der Waals surface area contributed by atoms with Crippen LogP contribution in [0.4, 0.5) is 4.79 Å². The van der Waals surface area contributed by atoms with Crippen LogP contribution in [0.5, 0.6) is 11.5 Å². The lowest BCUT2D eigenvalue weighted by atomic mass is 9.93. The molecule has 2 amide bonds. The van der Waals surface area contributed by atoms with Gasteiger partial charge in [-0.1, -0.05) is 29.8 Å². The number of ether oxygens (including phenoxy) is 3. The zero-order valence-electron chi connectivity index (χ0n) is 22.1. The third kappa shape index (κ3) is 5.96. The van der Waals surface area contributed by atoms with Gasteiger partial charge in [0.2, 0.25) is 5.91 Å². The summed E-state index contributed by atoms with van der Waals surface area (Å²) in [4.78, 5) is 41.0. The summed E-state index contributed by atoms with van der Waals surface area (Å²) in [5, 5.41) is 3.44. The van der Waals surface area contributed by atoms with Crippen LogP contribution in [-0.2, 0) is 32.0 Å². The molecule has 2 aromatic rings. The second-order valence-electron chi connectivity index (χ2n) is 10.5. The number of carbonyl (C=O) groups excluding carboxylic acids is 3. The van der Waals surface area contributed by atoms with Crippen LogP contribution in [0.2, 0.25) is 5.02 Å². The normalized spacial score (nSPS) is 22.1. The first-order valence-electron chi connectivity index (χ1n) is 12.6. The molecule has 202 valence electrons. The van der Waals surface area contributed by atoms with Gasteiger partial charge >= 0.3 is 12.1 Å². The Labute approximate surface area is 227 Å². The van der Waals surface area contributed by atoms with Crippen molar-refractivity contribution in [1.82, 2.24) is 10.2 Å². The Hall–Kier alpha value is -3.52. The number of carbonyl (C=O) groups is 3. The van der Waals surface area contributed by atoms with Gasteiger partial charge in [-0.05, 0) is 75.6 Å². The molecular weight excluding hydrogens is 508 g/mol. The molecule has 0 radical (unpaired) electrons. The number of benzene rings is 2. The van der Waals surface area contributed by atoms with Gasteiger partial charge in [0.25, 0.3) is 0 Å². The molecule has 1 saturated carbocycles. The highest BCUT2D eigenvalue weighted by Crippen LogP contribution is 2.45. The molecule has 3 atom stereocenters. The number of nitrogens with one attached hydrogen (secondary N) is 1. The number of nitrogens with zero attached hydrogens (tertiary/aromatic N) is 1. The van der Waals surface area contributed by atoms with Crippen molar-refractivity contribution in [1.29, 1.82) is 0 Å². The number of rotatable bonds is 7. The summed E-state index contributed by atoms with van der Waals surface area (Å²) >= 11 is 6.08. The van der Waals surface area contributed by atoms with E-state index < -0.39 is 35.2 Å². The van der Waals surface area contributed by atoms with E-state index >= 15 is 0 Å². The van der Waals surface area contributed by atoms with Gasteiger partial charge in [-0.15, -0.1) is 6.58 Å². The minimum absolute atomic E-state index is 0.164. The number of halogens is 1. The number of fused-ring (bicyclic) bond motifs is 1. The molecule has 2 aliphatic rings. The molecule has 9 heteroatoms. The van der Waals surface area contributed by atoms with Crippen molar-refractivity contribution < 1.29 is 28.6 Å². The van der Waals surface area contributed by atoms with Gasteiger partial charge in [-0.2, -0.15) is 0 Å². The minimum atomic E-state index is -1.17. The molecule has 1 N–H and O–H groups in total. The van der Waals surface area contributed by atoms with Gasteiger partial charge in [0.05, 0.1) is 13.2 Å². The lowest BCUT2D eigenvalue weighted by Gasteiger charge is -2.37. The fourth-order valence-corrected chi connectivity index (χ4v) is 4.78. The summed E-state index contributed by atoms with van der Waals surface area (Å²) < 4.78 is 16.8. The third-order valence-corrected chi connectivity index (χ3v) is 6.79. The van der Waals surface area contributed by atoms with E-state index in [9.17, 15) is 14.4 Å². The lowest BCUT2D eigenvalue weighted by Crippen LogP contribution is -2.57. The van der Waals surface area contributed by atoms with Crippen LogP contribution in [0, 0.1) is 5.92 Å². The second kappa shape index (κ2) is 10.7. The van der Waals surface area contributed by atoms with Crippen LogP contribution in [0.1, 0.15) is 45.2 Å². The third-order valence-electron chi connectivity index (χ3n) is 6.56. The van der Waals surface area contributed by atoms with Crippen LogP contribution in [-0.4, -0.2) is 46.7 Å². The summed E-state index contributed by atoms with van der Waals surface area (Å²) in [7, 11) is 0. The van der Waals surface area contributed by atoms with Crippen molar-refractivity contribution in [2.45, 2.75) is 64.3 Å². The summed E-state index contributed by atoms with van der Waals surface area (Å²) in [6.07, 6.45) is 1.64. The second-order valence-corrected chi connectivity index (χ2v) is 11.0. The number of amides is 2. The van der Waals surface area contributed by atoms with Crippen molar-refractivity contribution in [3.05, 3.63) is 71.3 Å². The average molecular weight is 541 g/mol. The standard InChI is InChI=1S/C29H33ClN2O6/c1-6-20-16-29(20,26(34)36-7-2)31-25(33)24-14-19-13-23(37-22-10-8-9-21(30)15-22)12-11-18(19)17-32(24)27(35)38-28(3,4)5/h6,8-13,15,20,24H,1,7,14,16-17H2,2-5H3,(H,31,33)/t20-,24?,29-/m1/s1. The average Bonchev–Trinajstić information content (AvgIpc) is 3.56. The van der Waals surface area contributed by atoms with E-state index in [0.717, 1.165) is 11.1 Å². The summed E-state index contributed by atoms with van der Waals surface area (Å²) in [6, 6.07) is 11.7. The van der Waals surface area contributed by atoms with E-state index in [1.165, 1.54) is 4.90 Å². The molecule has 0 spiro atoms. The highest BCUT2D eigenvalue weighted by atomic mass is 35.5. The first-order valence-corrected chi connectivity index (χ1v) is 13.0. The predicted molar refractivity (Wildman–Crippen MR) is 143 cm³/mol. The van der Waals surface area contributed by atoms with Gasteiger partial charge < -0.3 is 19.5 Å². The number of esters is 1. The van der Waals surface area contributed by atoms with Gasteiger partial charge in [0.15, 0.2) is 0 Å². The maximum atomic E-state index is 13.7. The predicted octanol–water partition coefficient (Wildman–Crippen LogP) is 5.42. The highest BCUT2D eigenvalue weighted by molar-refractivity contribution is 6.30. The maximum absolute atomic E-state index is 13.7. The molecule has 0 aromatic heterocycles. The van der Waals surface area contributed by atoms with Crippen LogP contribution in [0.25, 0.3) is 0 Å². The van der Waals surface area contributed by atoms with Gasteiger partial charge in [-0.3, -0.25) is 9.69 Å². The molecule has 1 aliphatic heterocycles. The van der Waals surface area contributed by atoms with E-state index in [2.05, 4.69) is 11.9 Å². The largest absolute Gasteiger partial charge is 0.464 e. The van der Waals surface area contributed by atoms with Crippen LogP contribution >= 0.6 is 11.6 Å². The fourth-order valence-electron chi connectivity index (χ4n) is 4.60. The van der Waals surface area contributed by atoms with Crippen molar-refractivity contribution >= 4 is 29.6 Å². The Bertz CT molecular complexity index is 1260. The van der Waals surface area contributed by atoms with Gasteiger partial charge in [0, 0.05) is 17.4 Å². The van der Waals surface area contributed by atoms with Crippen molar-refractivity contribution in [2.75, 3.05) is 6.61 Å². The number of hydrogen-bond donors (Lipinski definition) is 1. The van der Waals surface area contributed by atoms with E-state index in [0.29, 0.717) is 22.9 Å². The minimum Gasteiger partial charge on any atom is -0.464 e. The van der Waals surface area contributed by atoms with Crippen LogP contribution in [0.15, 0.2) is 55.1 Å². The summed E-state index contributed by atoms with van der Waals surface area (Å²) in [5.74, 6) is -0.0454. The first kappa shape index (κ1) is 27.5. The zero-order chi connectivity index (χ0) is 27.7. The Morgan fingerprint density at radius 1 is 1.16 bits per heavy atom. The first-order chi connectivity index (χ1) is 18.0. The Morgan fingerprint density at radius 3 is 2.53 bits per heavy atom. The Balaban J connectivity index is 1.62. The smallest absolute Gasteiger partial charge is 0.411 e. The fraction of sp³-hybridized carbons (Fsp3) is 0.414. The quantitative estimate of drug-likeness (QED) is 0.372. The van der Waals surface area contributed by atoms with E-state index in [-0.39, 0.29) is 25.5 Å². The Morgan fingerprint density at radius 2 is 1.89 bits per heavy atom. The molecule has 1 fully saturated rings. The zero-order valence-corrected chi connectivity index (χ0v) is 22.8. The molecule has 1 aliphatic carbocycles. The van der Waals surface area contributed by atoms with E-state index in [1.807, 2.05) is 18.2 Å². The molecule has 0 saturated heterocycles. The molecule has 1 heterocycles. The number of hydrogen-bond acceptors (Lipinski definition) is 6. The van der Waals surface area contributed by atoms with Gasteiger partial charge in [0.1, 0.15) is 28.7 Å². The lowest BCUT2D eigenvalue weighted by molar-refractivity contribution is -0.149. The topological polar surface area (TPSA) is 94.2 Å². The summed E-state index contributed by atoms with van der Waals surface area (Å²) in [6.45, 7) is 11.2. The van der Waals surface area contributed by atoms with E-state index in [4.69, 9.17) is 25.8 Å².